The Morgan fingerprint density at radius 3 is 1.67 bits per heavy atom. The summed E-state index contributed by atoms with van der Waals surface area (Å²) in [4.78, 5) is 35.5. The van der Waals surface area contributed by atoms with Crippen molar-refractivity contribution >= 4 is 18.2 Å². The van der Waals surface area contributed by atoms with Crippen LogP contribution in [0.2, 0.25) is 0 Å². The van der Waals surface area contributed by atoms with Crippen LogP contribution in [0.1, 0.15) is 126 Å². The van der Waals surface area contributed by atoms with Gasteiger partial charge >= 0.3 is 11.9 Å². The predicted octanol–water partition coefficient (Wildman–Crippen LogP) is 10.0. The van der Waals surface area contributed by atoms with E-state index < -0.39 is 23.5 Å². The summed E-state index contributed by atoms with van der Waals surface area (Å²) in [6.07, 6.45) is 11.6. The van der Waals surface area contributed by atoms with Crippen LogP contribution < -0.4 is 0 Å². The van der Waals surface area contributed by atoms with E-state index in [9.17, 15) is 14.4 Å². The van der Waals surface area contributed by atoms with Gasteiger partial charge in [0.2, 0.25) is 0 Å². The number of unbranched alkanes of at least 4 members (excludes halogenated alkanes) is 3. The highest BCUT2D eigenvalue weighted by molar-refractivity contribution is 5.99. The Morgan fingerprint density at radius 1 is 0.822 bits per heavy atom. The monoisotopic (exact) mass is 624 g/mol. The Labute approximate surface area is 273 Å². The molecular weight excluding hydrogens is 564 g/mol. The van der Waals surface area contributed by atoms with Crippen molar-refractivity contribution < 1.29 is 28.6 Å². The third-order valence-corrected chi connectivity index (χ3v) is 8.25. The second-order valence-corrected chi connectivity index (χ2v) is 11.7. The number of hydrogen-bond acceptors (Lipinski definition) is 6. The summed E-state index contributed by atoms with van der Waals surface area (Å²) in [5.41, 5.74) is 3.00. The quantitative estimate of drug-likeness (QED) is 0.0769. The smallest absolute Gasteiger partial charge is 0.323 e. The van der Waals surface area contributed by atoms with Gasteiger partial charge in [-0.05, 0) is 51.2 Å². The molecule has 6 nitrogen and oxygen atoms in total. The molecule has 2 aromatic rings. The molecule has 3 unspecified atom stereocenters. The molecule has 6 heteroatoms. The van der Waals surface area contributed by atoms with E-state index in [2.05, 4.69) is 27.0 Å². The minimum atomic E-state index is -1.26. The van der Waals surface area contributed by atoms with Crippen LogP contribution in [0.3, 0.4) is 0 Å². The van der Waals surface area contributed by atoms with Crippen LogP contribution in [0, 0.1) is 25.2 Å². The van der Waals surface area contributed by atoms with Gasteiger partial charge in [-0.2, -0.15) is 0 Å². The molecule has 3 atom stereocenters. The Morgan fingerprint density at radius 2 is 1.29 bits per heavy atom. The van der Waals surface area contributed by atoms with E-state index in [0.717, 1.165) is 43.1 Å². The van der Waals surface area contributed by atoms with Gasteiger partial charge in [0.05, 0.1) is 7.11 Å². The molecule has 2 aromatic carbocycles. The van der Waals surface area contributed by atoms with Gasteiger partial charge in [0.25, 0.3) is 0 Å². The Bertz CT molecular complexity index is 1070. The number of hydrogen-bond donors (Lipinski definition) is 0. The third kappa shape index (κ3) is 14.6. The van der Waals surface area contributed by atoms with Gasteiger partial charge in [-0.15, -0.1) is 13.2 Å². The topological polar surface area (TPSA) is 78.9 Å². The first-order valence-corrected chi connectivity index (χ1v) is 16.5. The SMILES string of the molecule is C=C.CCC(C)(C(=O)OC)C(=O)OC(c1ccc(C)cc1)C1CCCCC1.CCCCCC.COC(C=O)c1ccc(C)cc1. The van der Waals surface area contributed by atoms with Crippen LogP contribution in [0.25, 0.3) is 0 Å². The van der Waals surface area contributed by atoms with Crippen LogP contribution in [-0.2, 0) is 28.6 Å². The number of carbonyl (C=O) groups is 3. The highest BCUT2D eigenvalue weighted by atomic mass is 16.6. The Balaban J connectivity index is 0.000000799. The molecule has 0 spiro atoms. The van der Waals surface area contributed by atoms with Crippen molar-refractivity contribution in [2.75, 3.05) is 14.2 Å². The van der Waals surface area contributed by atoms with Crippen molar-refractivity contribution in [3.05, 3.63) is 83.9 Å². The number of benzene rings is 2. The number of aryl methyl sites for hydroxylation is 2. The largest absolute Gasteiger partial charge is 0.468 e. The first-order chi connectivity index (χ1) is 21.6. The highest BCUT2D eigenvalue weighted by Crippen LogP contribution is 2.39. The van der Waals surface area contributed by atoms with E-state index in [1.54, 1.807) is 13.8 Å². The van der Waals surface area contributed by atoms with Gasteiger partial charge < -0.3 is 19.0 Å². The fourth-order valence-electron chi connectivity index (χ4n) is 5.00. The van der Waals surface area contributed by atoms with E-state index >= 15 is 0 Å². The lowest BCUT2D eigenvalue weighted by Gasteiger charge is -2.33. The molecule has 0 heterocycles. The average Bonchev–Trinajstić information content (AvgIpc) is 3.09. The van der Waals surface area contributed by atoms with E-state index in [4.69, 9.17) is 14.2 Å². The maximum absolute atomic E-state index is 12.9. The number of aldehydes is 1. The highest BCUT2D eigenvalue weighted by Gasteiger charge is 2.44. The lowest BCUT2D eigenvalue weighted by molar-refractivity contribution is -0.176. The zero-order valence-corrected chi connectivity index (χ0v) is 29.4. The number of rotatable bonds is 12. The van der Waals surface area contributed by atoms with Gasteiger partial charge in [0.1, 0.15) is 12.2 Å². The van der Waals surface area contributed by atoms with Crippen molar-refractivity contribution in [1.82, 2.24) is 0 Å². The van der Waals surface area contributed by atoms with E-state index in [1.807, 2.05) is 62.4 Å². The summed E-state index contributed by atoms with van der Waals surface area (Å²) >= 11 is 0. The van der Waals surface area contributed by atoms with Crippen molar-refractivity contribution in [3.63, 3.8) is 0 Å². The van der Waals surface area contributed by atoms with Crippen LogP contribution in [0.4, 0.5) is 0 Å². The number of esters is 2. The van der Waals surface area contributed by atoms with Crippen molar-refractivity contribution in [2.24, 2.45) is 11.3 Å². The van der Waals surface area contributed by atoms with Gasteiger partial charge in [-0.25, -0.2) is 0 Å². The Kier molecular flexibility index (Phi) is 22.3. The number of ether oxygens (including phenoxy) is 3. The average molecular weight is 625 g/mol. The van der Waals surface area contributed by atoms with Gasteiger partial charge in [-0.1, -0.05) is 125 Å². The summed E-state index contributed by atoms with van der Waals surface area (Å²) in [6.45, 7) is 17.9. The van der Waals surface area contributed by atoms with Crippen LogP contribution in [-0.4, -0.2) is 32.4 Å². The third-order valence-electron chi connectivity index (χ3n) is 8.25. The van der Waals surface area contributed by atoms with Gasteiger partial charge in [0, 0.05) is 13.0 Å². The molecule has 1 aliphatic carbocycles. The molecule has 45 heavy (non-hydrogen) atoms. The summed E-state index contributed by atoms with van der Waals surface area (Å²) in [5, 5.41) is 0. The van der Waals surface area contributed by atoms with Gasteiger partial charge in [-0.3, -0.25) is 9.59 Å². The van der Waals surface area contributed by atoms with E-state index in [-0.39, 0.29) is 6.10 Å². The normalized spacial score (nSPS) is 15.1. The first kappa shape index (κ1) is 41.8. The second kappa shape index (κ2) is 24.0. The van der Waals surface area contributed by atoms with Crippen LogP contribution in [0.15, 0.2) is 61.7 Å². The van der Waals surface area contributed by atoms with Gasteiger partial charge in [0.15, 0.2) is 11.7 Å². The van der Waals surface area contributed by atoms with Crippen LogP contribution in [0.5, 0.6) is 0 Å². The molecule has 1 fully saturated rings. The summed E-state index contributed by atoms with van der Waals surface area (Å²) < 4.78 is 15.7. The summed E-state index contributed by atoms with van der Waals surface area (Å²) in [6, 6.07) is 15.9. The van der Waals surface area contributed by atoms with E-state index in [1.165, 1.54) is 57.5 Å². The molecule has 1 aliphatic rings. The molecule has 0 bridgehead atoms. The zero-order chi connectivity index (χ0) is 34.3. The summed E-state index contributed by atoms with van der Waals surface area (Å²) in [7, 11) is 2.83. The van der Waals surface area contributed by atoms with Crippen molar-refractivity contribution in [2.45, 2.75) is 118 Å². The Hall–Kier alpha value is -3.25. The van der Waals surface area contributed by atoms with Crippen LogP contribution >= 0.6 is 0 Å². The minimum Gasteiger partial charge on any atom is -0.468 e. The number of methoxy groups -OCH3 is 2. The molecule has 0 saturated heterocycles. The fourth-order valence-corrected chi connectivity index (χ4v) is 5.00. The summed E-state index contributed by atoms with van der Waals surface area (Å²) in [5.74, 6) is -0.719. The predicted molar refractivity (Wildman–Crippen MR) is 185 cm³/mol. The fraction of sp³-hybridized carbons (Fsp3) is 0.564. The first-order valence-electron chi connectivity index (χ1n) is 16.5. The number of carbonyl (C=O) groups excluding carboxylic acids is 3. The van der Waals surface area contributed by atoms with Crippen molar-refractivity contribution in [1.29, 1.82) is 0 Å². The maximum atomic E-state index is 12.9. The molecule has 0 N–H and O–H groups in total. The lowest BCUT2D eigenvalue weighted by atomic mass is 9.82. The van der Waals surface area contributed by atoms with E-state index in [0.29, 0.717) is 12.3 Å². The van der Waals surface area contributed by atoms with Crippen molar-refractivity contribution in [3.8, 4) is 0 Å². The molecule has 252 valence electrons. The second-order valence-electron chi connectivity index (χ2n) is 11.7. The maximum Gasteiger partial charge on any atom is 0.323 e. The molecule has 0 aliphatic heterocycles. The molecular formula is C39H60O6. The minimum absolute atomic E-state index is 0.302. The molecule has 0 aromatic heterocycles. The molecule has 3 rings (SSSR count). The molecule has 0 radical (unpaired) electrons. The molecule has 0 amide bonds. The lowest BCUT2D eigenvalue weighted by Crippen LogP contribution is -2.39. The standard InChI is InChI=1S/C21H30O4.C10H12O2.C6H14.C2H4/c1-5-21(3,19(22)24-4)20(23)25-18(16-9-7-6-8-10-16)17-13-11-15(2)12-14-17;1-8-3-5-9(6-4-8)10(7-11)12-2;1-3-5-6-4-2;1-2/h11-14,16,18H,5-10H2,1-4H3;3-7,10H,1-2H3;3-6H2,1-2H3;1-2H2. The molecule has 1 saturated carbocycles. The zero-order valence-electron chi connectivity index (χ0n) is 29.4.